The molecule has 0 unspecified atom stereocenters. The molecular weight excluding hydrogens is 836 g/mol. The largest absolute Gasteiger partial charge is 0.312 e. The summed E-state index contributed by atoms with van der Waals surface area (Å²) < 4.78 is 0. The van der Waals surface area contributed by atoms with Gasteiger partial charge in [0.15, 0.2) is 8.07 Å². The summed E-state index contributed by atoms with van der Waals surface area (Å²) in [5.41, 5.74) is 25.9. The molecule has 318 valence electrons. The monoisotopic (exact) mass is 880 g/mol. The summed E-state index contributed by atoms with van der Waals surface area (Å²) in [6.45, 7) is 6.80. The molecule has 0 amide bonds. The van der Waals surface area contributed by atoms with Gasteiger partial charge in [-0.05, 0) is 138 Å². The van der Waals surface area contributed by atoms with Crippen molar-refractivity contribution in [2.45, 2.75) is 26.2 Å². The molecule has 0 saturated carbocycles. The van der Waals surface area contributed by atoms with E-state index in [0.717, 1.165) is 0 Å². The molecule has 3 heterocycles. The predicted molar refractivity (Wildman–Crippen MR) is 288 cm³/mol. The van der Waals surface area contributed by atoms with Crippen LogP contribution in [0.3, 0.4) is 0 Å². The van der Waals surface area contributed by atoms with Crippen LogP contribution >= 0.6 is 0 Å². The smallest absolute Gasteiger partial charge is 0.252 e. The molecule has 0 aromatic heterocycles. The van der Waals surface area contributed by atoms with E-state index in [1.165, 1.54) is 132 Å². The number of anilines is 6. The lowest BCUT2D eigenvalue weighted by Crippen LogP contribution is -2.79. The fraction of sp³-hybridized carbons (Fsp3) is 0.0625. The van der Waals surface area contributed by atoms with Crippen molar-refractivity contribution in [2.75, 3.05) is 9.80 Å². The van der Waals surface area contributed by atoms with E-state index in [1.54, 1.807) is 0 Å². The minimum absolute atomic E-state index is 0.0360. The molecule has 68 heavy (non-hydrogen) atoms. The maximum Gasteiger partial charge on any atom is 0.252 e. The Morgan fingerprint density at radius 1 is 0.368 bits per heavy atom. The summed E-state index contributed by atoms with van der Waals surface area (Å²) in [4.78, 5) is 5.32. The quantitative estimate of drug-likeness (QED) is 0.163. The van der Waals surface area contributed by atoms with E-state index in [9.17, 15) is 0 Å². The summed E-state index contributed by atoms with van der Waals surface area (Å²) in [5, 5.41) is 5.68. The van der Waals surface area contributed by atoms with Crippen molar-refractivity contribution in [3.8, 4) is 22.3 Å². The van der Waals surface area contributed by atoms with E-state index in [0.29, 0.717) is 0 Å². The highest BCUT2D eigenvalue weighted by Crippen LogP contribution is 2.63. The maximum absolute atomic E-state index is 2.89. The molecule has 3 aliphatic heterocycles. The minimum atomic E-state index is -2.89. The molecule has 0 saturated heterocycles. The van der Waals surface area contributed by atoms with Gasteiger partial charge in [0, 0.05) is 28.4 Å². The molecule has 0 radical (unpaired) electrons. The Morgan fingerprint density at radius 2 is 0.853 bits per heavy atom. The second-order valence-electron chi connectivity index (χ2n) is 19.6. The molecule has 10 aromatic carbocycles. The lowest BCUT2D eigenvalue weighted by atomic mass is 9.33. The Balaban J connectivity index is 1.10. The van der Waals surface area contributed by atoms with E-state index in [-0.39, 0.29) is 6.71 Å². The molecule has 4 heteroatoms. The number of aryl methyl sites for hydroxylation is 3. The van der Waals surface area contributed by atoms with E-state index in [2.05, 4.69) is 249 Å². The molecule has 0 bridgehead atoms. The molecule has 0 atom stereocenters. The standard InChI is InChI=1S/C64H45BN2Si/c1-40-36-41(2)62(42(3)37-40)67-57-33-19-32-56-61(57)65(53-30-18-35-60-63(53)66(56)55-31-16-17-34-59(55)68(60,43-20-6-4-7-21-43)44-22-8-5-9-23-44)54-39-52-48(38-58(54)67)47-26-12-15-29-51(47)64(52)49-27-13-10-24-45(49)46-25-11-14-28-50(46)64/h4-39H,1-3H3. The second kappa shape index (κ2) is 13.6. The first-order valence-electron chi connectivity index (χ1n) is 24.1. The Bertz CT molecular complexity index is 3710. The Kier molecular flexibility index (Phi) is 7.64. The third-order valence-corrected chi connectivity index (χ3v) is 21.2. The van der Waals surface area contributed by atoms with Crippen LogP contribution in [0, 0.1) is 20.8 Å². The van der Waals surface area contributed by atoms with E-state index in [1.807, 2.05) is 0 Å². The first-order chi connectivity index (χ1) is 33.5. The first-order valence-corrected chi connectivity index (χ1v) is 26.1. The lowest BCUT2D eigenvalue weighted by Gasteiger charge is -2.51. The first kappa shape index (κ1) is 38.2. The zero-order chi connectivity index (χ0) is 45.0. The number of hydrogen-bond acceptors (Lipinski definition) is 2. The number of benzene rings is 10. The van der Waals surface area contributed by atoms with Gasteiger partial charge in [0.1, 0.15) is 0 Å². The highest BCUT2D eigenvalue weighted by atomic mass is 28.3. The normalized spacial score (nSPS) is 15.1. The minimum Gasteiger partial charge on any atom is -0.312 e. The van der Waals surface area contributed by atoms with Gasteiger partial charge >= 0.3 is 0 Å². The molecule has 10 aromatic rings. The van der Waals surface area contributed by atoms with Crippen molar-refractivity contribution < 1.29 is 0 Å². The molecule has 2 aliphatic carbocycles. The summed E-state index contributed by atoms with van der Waals surface area (Å²) in [6, 6.07) is 84.4. The van der Waals surface area contributed by atoms with Crippen LogP contribution < -0.4 is 46.9 Å². The molecule has 0 fully saturated rings. The van der Waals surface area contributed by atoms with Gasteiger partial charge in [0.25, 0.3) is 6.71 Å². The van der Waals surface area contributed by atoms with Crippen molar-refractivity contribution in [2.24, 2.45) is 0 Å². The number of hydrogen-bond donors (Lipinski definition) is 0. The number of para-hydroxylation sites is 2. The van der Waals surface area contributed by atoms with E-state index in [4.69, 9.17) is 0 Å². The number of nitrogens with zero attached hydrogens (tertiary/aromatic N) is 2. The van der Waals surface area contributed by atoms with Crippen LogP contribution in [0.5, 0.6) is 0 Å². The van der Waals surface area contributed by atoms with Crippen LogP contribution in [0.1, 0.15) is 38.9 Å². The van der Waals surface area contributed by atoms with Crippen molar-refractivity contribution in [1.29, 1.82) is 0 Å². The number of rotatable bonds is 3. The topological polar surface area (TPSA) is 6.48 Å². The van der Waals surface area contributed by atoms with Crippen LogP contribution in [-0.4, -0.2) is 14.8 Å². The molecule has 5 aliphatic rings. The van der Waals surface area contributed by atoms with Crippen molar-refractivity contribution in [3.63, 3.8) is 0 Å². The summed E-state index contributed by atoms with van der Waals surface area (Å²) >= 11 is 0. The van der Waals surface area contributed by atoms with Crippen LogP contribution in [-0.2, 0) is 5.41 Å². The van der Waals surface area contributed by atoms with Gasteiger partial charge in [0.2, 0.25) is 0 Å². The van der Waals surface area contributed by atoms with Crippen molar-refractivity contribution >= 4 is 86.0 Å². The highest BCUT2D eigenvalue weighted by Gasteiger charge is 2.56. The van der Waals surface area contributed by atoms with Crippen LogP contribution in [0.2, 0.25) is 0 Å². The van der Waals surface area contributed by atoms with Gasteiger partial charge in [-0.25, -0.2) is 0 Å². The van der Waals surface area contributed by atoms with E-state index < -0.39 is 13.5 Å². The number of fused-ring (bicyclic) bond motifs is 16. The zero-order valence-corrected chi connectivity index (χ0v) is 39.3. The Hall–Kier alpha value is -7.92. The summed E-state index contributed by atoms with van der Waals surface area (Å²) in [5.74, 6) is 0. The van der Waals surface area contributed by atoms with Crippen LogP contribution in [0.25, 0.3) is 22.3 Å². The lowest BCUT2D eigenvalue weighted by molar-refractivity contribution is 0.794. The molecule has 1 spiro atoms. The summed E-state index contributed by atoms with van der Waals surface area (Å²) in [6.07, 6.45) is 0. The maximum atomic E-state index is 2.69. The second-order valence-corrected chi connectivity index (χ2v) is 23.4. The van der Waals surface area contributed by atoms with Gasteiger partial charge in [-0.15, -0.1) is 0 Å². The Morgan fingerprint density at radius 3 is 1.47 bits per heavy atom. The van der Waals surface area contributed by atoms with E-state index >= 15 is 0 Å². The SMILES string of the molecule is Cc1cc(C)c(N2c3cc4c(cc3B3c5cccc6c5N(c5ccccc5[Si]6(c5ccccc5)c5ccccc5)c5cccc2c53)C2(c3ccccc3-c3ccccc32)c2ccccc2-4)c(C)c1. The summed E-state index contributed by atoms with van der Waals surface area (Å²) in [7, 11) is -2.89. The highest BCUT2D eigenvalue weighted by molar-refractivity contribution is 7.22. The fourth-order valence-electron chi connectivity index (χ4n) is 14.2. The third kappa shape index (κ3) is 4.54. The molecule has 15 rings (SSSR count). The van der Waals surface area contributed by atoms with Crippen LogP contribution in [0.15, 0.2) is 218 Å². The van der Waals surface area contributed by atoms with Crippen molar-refractivity contribution in [3.05, 3.63) is 257 Å². The van der Waals surface area contributed by atoms with Crippen molar-refractivity contribution in [1.82, 2.24) is 0 Å². The zero-order valence-electron chi connectivity index (χ0n) is 38.3. The van der Waals surface area contributed by atoms with Crippen LogP contribution in [0.4, 0.5) is 34.1 Å². The average molecular weight is 881 g/mol. The fourth-order valence-corrected chi connectivity index (χ4v) is 19.3. The molecular formula is C64H45BN2Si. The average Bonchev–Trinajstić information content (AvgIpc) is 3.84. The van der Waals surface area contributed by atoms with Gasteiger partial charge in [0.05, 0.1) is 11.1 Å². The van der Waals surface area contributed by atoms with Gasteiger partial charge in [-0.1, -0.05) is 200 Å². The van der Waals surface area contributed by atoms with Gasteiger partial charge in [-0.3, -0.25) is 0 Å². The molecule has 0 N–H and O–H groups in total. The Labute approximate surface area is 399 Å². The van der Waals surface area contributed by atoms with Gasteiger partial charge in [-0.2, -0.15) is 0 Å². The third-order valence-electron chi connectivity index (χ3n) is 16.4. The predicted octanol–water partition coefficient (Wildman–Crippen LogP) is 10.7. The van der Waals surface area contributed by atoms with Gasteiger partial charge < -0.3 is 9.80 Å². The molecule has 2 nitrogen and oxygen atoms in total.